The lowest BCUT2D eigenvalue weighted by Crippen LogP contribution is -2.04. The lowest BCUT2D eigenvalue weighted by Gasteiger charge is -2.08. The normalized spacial score (nSPS) is 31.1. The second-order valence-corrected chi connectivity index (χ2v) is 3.68. The van der Waals surface area contributed by atoms with Crippen molar-refractivity contribution in [2.45, 2.75) is 51.6 Å². The monoisotopic (exact) mass is 156 g/mol. The molecule has 1 nitrogen and oxygen atoms in total. The molecule has 0 aliphatic heterocycles. The molecular weight excluding hydrogens is 136 g/mol. The fraction of sp³-hybridized carbons (Fsp3) is 1.00. The Hall–Kier alpha value is -0.0400. The second kappa shape index (κ2) is 4.76. The molecule has 2 atom stereocenters. The van der Waals surface area contributed by atoms with Gasteiger partial charge in [-0.25, -0.2) is 0 Å². The Morgan fingerprint density at radius 1 is 1.36 bits per heavy atom. The maximum Gasteiger partial charge on any atom is 0.0574 e. The summed E-state index contributed by atoms with van der Waals surface area (Å²) < 4.78 is 5.32. The third-order valence-electron chi connectivity index (χ3n) is 2.79. The quantitative estimate of drug-likeness (QED) is 0.608. The maximum absolute atomic E-state index is 5.32. The number of hydrogen-bond donors (Lipinski definition) is 0. The summed E-state index contributed by atoms with van der Waals surface area (Å²) in [6.45, 7) is 2.27. The summed E-state index contributed by atoms with van der Waals surface area (Å²) in [6.07, 6.45) is 8.77. The zero-order valence-electron chi connectivity index (χ0n) is 7.81. The van der Waals surface area contributed by atoms with Gasteiger partial charge in [0, 0.05) is 7.11 Å². The van der Waals surface area contributed by atoms with Gasteiger partial charge in [0.1, 0.15) is 0 Å². The van der Waals surface area contributed by atoms with E-state index in [4.69, 9.17) is 4.74 Å². The van der Waals surface area contributed by atoms with Crippen LogP contribution in [0.2, 0.25) is 0 Å². The Morgan fingerprint density at radius 2 is 2.18 bits per heavy atom. The van der Waals surface area contributed by atoms with E-state index in [0.29, 0.717) is 6.10 Å². The predicted molar refractivity (Wildman–Crippen MR) is 47.7 cm³/mol. The van der Waals surface area contributed by atoms with Crippen molar-refractivity contribution < 1.29 is 4.74 Å². The first-order chi connectivity index (χ1) is 5.36. The summed E-state index contributed by atoms with van der Waals surface area (Å²) in [6, 6.07) is 0. The van der Waals surface area contributed by atoms with Crippen LogP contribution < -0.4 is 0 Å². The van der Waals surface area contributed by atoms with E-state index in [1.165, 1.54) is 38.5 Å². The third-order valence-corrected chi connectivity index (χ3v) is 2.79. The number of ether oxygens (including phenoxy) is 1. The van der Waals surface area contributed by atoms with Gasteiger partial charge in [-0.05, 0) is 25.2 Å². The highest BCUT2D eigenvalue weighted by Crippen LogP contribution is 2.30. The molecule has 1 saturated carbocycles. The highest BCUT2D eigenvalue weighted by molar-refractivity contribution is 4.75. The minimum absolute atomic E-state index is 0.580. The average molecular weight is 156 g/mol. The van der Waals surface area contributed by atoms with Crippen LogP contribution in [0.15, 0.2) is 0 Å². The van der Waals surface area contributed by atoms with Crippen molar-refractivity contribution in [1.82, 2.24) is 0 Å². The van der Waals surface area contributed by atoms with E-state index in [0.717, 1.165) is 5.92 Å². The smallest absolute Gasteiger partial charge is 0.0574 e. The van der Waals surface area contributed by atoms with Gasteiger partial charge in [0.05, 0.1) is 6.10 Å². The molecule has 0 bridgehead atoms. The van der Waals surface area contributed by atoms with E-state index in [-0.39, 0.29) is 0 Å². The van der Waals surface area contributed by atoms with Gasteiger partial charge in [-0.3, -0.25) is 0 Å². The van der Waals surface area contributed by atoms with Crippen molar-refractivity contribution in [2.75, 3.05) is 7.11 Å². The van der Waals surface area contributed by atoms with Crippen LogP contribution in [0.4, 0.5) is 0 Å². The van der Waals surface area contributed by atoms with E-state index in [1.54, 1.807) is 0 Å². The Bertz CT molecular complexity index is 101. The first-order valence-corrected chi connectivity index (χ1v) is 4.89. The summed E-state index contributed by atoms with van der Waals surface area (Å²) in [5.41, 5.74) is 0. The highest BCUT2D eigenvalue weighted by atomic mass is 16.5. The van der Waals surface area contributed by atoms with Crippen LogP contribution in [-0.2, 0) is 4.74 Å². The molecule has 66 valence electrons. The second-order valence-electron chi connectivity index (χ2n) is 3.68. The molecule has 1 heteroatoms. The number of methoxy groups -OCH3 is 1. The molecule has 1 fully saturated rings. The summed E-state index contributed by atoms with van der Waals surface area (Å²) in [7, 11) is 1.84. The fourth-order valence-corrected chi connectivity index (χ4v) is 2.00. The molecule has 0 aromatic heterocycles. The van der Waals surface area contributed by atoms with Crippen molar-refractivity contribution in [3.05, 3.63) is 0 Å². The molecule has 1 rings (SSSR count). The van der Waals surface area contributed by atoms with Gasteiger partial charge >= 0.3 is 0 Å². The molecule has 11 heavy (non-hydrogen) atoms. The molecular formula is C10H20O. The molecule has 1 aliphatic rings. The van der Waals surface area contributed by atoms with Gasteiger partial charge in [0.2, 0.25) is 0 Å². The Kier molecular flexibility index (Phi) is 3.92. The topological polar surface area (TPSA) is 9.23 Å². The highest BCUT2D eigenvalue weighted by Gasteiger charge is 2.23. The molecule has 0 aromatic carbocycles. The first-order valence-electron chi connectivity index (χ1n) is 4.89. The molecule has 0 N–H and O–H groups in total. The van der Waals surface area contributed by atoms with E-state index < -0.39 is 0 Å². The van der Waals surface area contributed by atoms with Crippen molar-refractivity contribution in [3.8, 4) is 0 Å². The third kappa shape index (κ3) is 2.82. The van der Waals surface area contributed by atoms with E-state index >= 15 is 0 Å². The summed E-state index contributed by atoms with van der Waals surface area (Å²) in [5.74, 6) is 0.972. The fourth-order valence-electron chi connectivity index (χ4n) is 2.00. The summed E-state index contributed by atoms with van der Waals surface area (Å²) in [5, 5.41) is 0. The van der Waals surface area contributed by atoms with Crippen molar-refractivity contribution >= 4 is 0 Å². The summed E-state index contributed by atoms with van der Waals surface area (Å²) >= 11 is 0. The molecule has 0 amide bonds. The van der Waals surface area contributed by atoms with Crippen molar-refractivity contribution in [3.63, 3.8) is 0 Å². The Labute approximate surface area is 70.1 Å². The standard InChI is InChI=1S/C10H20O/c1-3-4-5-9-6-7-10(8-9)11-2/h9-10H,3-8H2,1-2H3. The average Bonchev–Trinajstić information content (AvgIpc) is 2.48. The van der Waals surface area contributed by atoms with Gasteiger partial charge in [-0.2, -0.15) is 0 Å². The lowest BCUT2D eigenvalue weighted by molar-refractivity contribution is 0.105. The SMILES string of the molecule is CCCCC1CCC(OC)C1. The number of hydrogen-bond acceptors (Lipinski definition) is 1. The van der Waals surface area contributed by atoms with E-state index in [9.17, 15) is 0 Å². The van der Waals surface area contributed by atoms with Crippen LogP contribution in [0.3, 0.4) is 0 Å². The van der Waals surface area contributed by atoms with Crippen LogP contribution in [-0.4, -0.2) is 13.2 Å². The largest absolute Gasteiger partial charge is 0.381 e. The van der Waals surface area contributed by atoms with E-state index in [2.05, 4.69) is 6.92 Å². The van der Waals surface area contributed by atoms with E-state index in [1.807, 2.05) is 7.11 Å². The molecule has 2 unspecified atom stereocenters. The first kappa shape index (κ1) is 9.05. The van der Waals surface area contributed by atoms with Crippen molar-refractivity contribution in [2.24, 2.45) is 5.92 Å². The Morgan fingerprint density at radius 3 is 2.73 bits per heavy atom. The zero-order chi connectivity index (χ0) is 8.10. The number of unbranched alkanes of at least 4 members (excludes halogenated alkanes) is 1. The van der Waals surface area contributed by atoms with Crippen molar-refractivity contribution in [1.29, 1.82) is 0 Å². The molecule has 0 spiro atoms. The minimum Gasteiger partial charge on any atom is -0.381 e. The van der Waals surface area contributed by atoms with Crippen LogP contribution in [0, 0.1) is 5.92 Å². The van der Waals surface area contributed by atoms with Crippen LogP contribution in [0.25, 0.3) is 0 Å². The van der Waals surface area contributed by atoms with Gasteiger partial charge in [0.15, 0.2) is 0 Å². The van der Waals surface area contributed by atoms with Gasteiger partial charge in [0.25, 0.3) is 0 Å². The van der Waals surface area contributed by atoms with Gasteiger partial charge in [-0.1, -0.05) is 26.2 Å². The lowest BCUT2D eigenvalue weighted by atomic mass is 10.0. The predicted octanol–water partition coefficient (Wildman–Crippen LogP) is 2.99. The minimum atomic E-state index is 0.580. The Balaban J connectivity index is 2.09. The molecule has 0 radical (unpaired) electrons. The molecule has 0 saturated heterocycles. The van der Waals surface area contributed by atoms with Crippen LogP contribution >= 0.6 is 0 Å². The van der Waals surface area contributed by atoms with Crippen LogP contribution in [0.5, 0.6) is 0 Å². The maximum atomic E-state index is 5.32. The number of rotatable bonds is 4. The zero-order valence-corrected chi connectivity index (χ0v) is 7.81. The molecule has 1 aliphatic carbocycles. The summed E-state index contributed by atoms with van der Waals surface area (Å²) in [4.78, 5) is 0. The van der Waals surface area contributed by atoms with Gasteiger partial charge in [-0.15, -0.1) is 0 Å². The molecule has 0 heterocycles. The van der Waals surface area contributed by atoms with Crippen LogP contribution in [0.1, 0.15) is 45.4 Å². The molecule has 0 aromatic rings. The van der Waals surface area contributed by atoms with Gasteiger partial charge < -0.3 is 4.74 Å².